The Labute approximate surface area is 113 Å². The van der Waals surface area contributed by atoms with Crippen LogP contribution in [0.25, 0.3) is 0 Å². The molecular weight excluding hydrogens is 244 g/mol. The van der Waals surface area contributed by atoms with Gasteiger partial charge in [-0.1, -0.05) is 12.8 Å². The van der Waals surface area contributed by atoms with Crippen LogP contribution in [0.3, 0.4) is 0 Å². The SMILES string of the molecule is CCOC1(c2nc3c(s2)CCCC3N)CCCC1. The molecule has 0 saturated heterocycles. The van der Waals surface area contributed by atoms with Crippen LogP contribution in [0.2, 0.25) is 0 Å². The predicted octanol–water partition coefficient (Wildman–Crippen LogP) is 3.29. The summed E-state index contributed by atoms with van der Waals surface area (Å²) in [5, 5.41) is 1.20. The van der Waals surface area contributed by atoms with Gasteiger partial charge in [0, 0.05) is 17.5 Å². The largest absolute Gasteiger partial charge is 0.368 e. The van der Waals surface area contributed by atoms with Gasteiger partial charge in [0.05, 0.1) is 5.69 Å². The smallest absolute Gasteiger partial charge is 0.125 e. The van der Waals surface area contributed by atoms with E-state index in [1.807, 2.05) is 11.3 Å². The van der Waals surface area contributed by atoms with E-state index in [1.54, 1.807) is 0 Å². The summed E-state index contributed by atoms with van der Waals surface area (Å²) in [5.74, 6) is 0. The molecule has 2 aliphatic rings. The van der Waals surface area contributed by atoms with E-state index >= 15 is 0 Å². The van der Waals surface area contributed by atoms with Gasteiger partial charge in [-0.15, -0.1) is 11.3 Å². The summed E-state index contributed by atoms with van der Waals surface area (Å²) in [4.78, 5) is 6.28. The average molecular weight is 266 g/mol. The van der Waals surface area contributed by atoms with Crippen LogP contribution in [0.5, 0.6) is 0 Å². The monoisotopic (exact) mass is 266 g/mol. The molecule has 18 heavy (non-hydrogen) atoms. The lowest BCUT2D eigenvalue weighted by Gasteiger charge is -2.26. The van der Waals surface area contributed by atoms with Crippen molar-refractivity contribution in [1.82, 2.24) is 4.98 Å². The van der Waals surface area contributed by atoms with E-state index in [4.69, 9.17) is 15.5 Å². The van der Waals surface area contributed by atoms with Crippen LogP contribution in [0.4, 0.5) is 0 Å². The molecule has 4 heteroatoms. The van der Waals surface area contributed by atoms with E-state index in [2.05, 4.69) is 6.92 Å². The number of thiazole rings is 1. The second-order valence-corrected chi connectivity index (χ2v) is 6.54. The summed E-state index contributed by atoms with van der Waals surface area (Å²) in [6.07, 6.45) is 8.22. The van der Waals surface area contributed by atoms with E-state index in [1.165, 1.54) is 29.1 Å². The highest BCUT2D eigenvalue weighted by Gasteiger charge is 2.40. The molecule has 0 spiro atoms. The van der Waals surface area contributed by atoms with Gasteiger partial charge in [0.25, 0.3) is 0 Å². The number of rotatable bonds is 3. The second kappa shape index (κ2) is 4.91. The van der Waals surface area contributed by atoms with Gasteiger partial charge in [-0.25, -0.2) is 4.98 Å². The Morgan fingerprint density at radius 1 is 1.39 bits per heavy atom. The Hall–Kier alpha value is -0.450. The second-order valence-electron chi connectivity index (χ2n) is 5.46. The fraction of sp³-hybridized carbons (Fsp3) is 0.786. The molecular formula is C14H22N2OS. The molecule has 3 rings (SSSR count). The molecule has 100 valence electrons. The van der Waals surface area contributed by atoms with Crippen molar-refractivity contribution in [2.24, 2.45) is 5.73 Å². The fourth-order valence-corrected chi connectivity index (χ4v) is 4.66. The minimum Gasteiger partial charge on any atom is -0.368 e. The summed E-state index contributed by atoms with van der Waals surface area (Å²) in [6, 6.07) is 0.152. The highest BCUT2D eigenvalue weighted by Crippen LogP contribution is 2.45. The third-order valence-corrected chi connectivity index (χ3v) is 5.54. The van der Waals surface area contributed by atoms with Crippen LogP contribution in [-0.4, -0.2) is 11.6 Å². The molecule has 0 amide bonds. The zero-order chi connectivity index (χ0) is 12.6. The molecule has 0 aliphatic heterocycles. The number of hydrogen-bond donors (Lipinski definition) is 1. The Bertz CT molecular complexity index is 423. The Kier molecular flexibility index (Phi) is 3.43. The van der Waals surface area contributed by atoms with Gasteiger partial charge in [0.1, 0.15) is 10.6 Å². The molecule has 1 atom stereocenters. The molecule has 1 heterocycles. The van der Waals surface area contributed by atoms with Crippen LogP contribution in [-0.2, 0) is 16.8 Å². The van der Waals surface area contributed by atoms with Crippen molar-refractivity contribution in [3.05, 3.63) is 15.6 Å². The van der Waals surface area contributed by atoms with Crippen LogP contribution in [0.1, 0.15) is 67.1 Å². The quantitative estimate of drug-likeness (QED) is 0.913. The molecule has 1 fully saturated rings. The molecule has 2 N–H and O–H groups in total. The van der Waals surface area contributed by atoms with E-state index in [-0.39, 0.29) is 11.6 Å². The summed E-state index contributed by atoms with van der Waals surface area (Å²) < 4.78 is 6.10. The van der Waals surface area contributed by atoms with Gasteiger partial charge < -0.3 is 10.5 Å². The van der Waals surface area contributed by atoms with Gasteiger partial charge in [-0.05, 0) is 39.0 Å². The van der Waals surface area contributed by atoms with E-state index in [9.17, 15) is 0 Å². The normalized spacial score (nSPS) is 26.2. The molecule has 0 aromatic carbocycles. The van der Waals surface area contributed by atoms with Crippen molar-refractivity contribution in [3.63, 3.8) is 0 Å². The van der Waals surface area contributed by atoms with Crippen LogP contribution < -0.4 is 5.73 Å². The summed E-state index contributed by atoms with van der Waals surface area (Å²) >= 11 is 1.86. The maximum atomic E-state index is 6.18. The van der Waals surface area contributed by atoms with E-state index in [0.717, 1.165) is 38.0 Å². The lowest BCUT2D eigenvalue weighted by molar-refractivity contribution is -0.0392. The molecule has 1 aromatic rings. The average Bonchev–Trinajstić information content (AvgIpc) is 2.97. The highest BCUT2D eigenvalue weighted by atomic mass is 32.1. The Morgan fingerprint density at radius 2 is 2.17 bits per heavy atom. The summed E-state index contributed by atoms with van der Waals surface area (Å²) in [5.41, 5.74) is 7.25. The van der Waals surface area contributed by atoms with Crippen LogP contribution >= 0.6 is 11.3 Å². The Balaban J connectivity index is 1.95. The van der Waals surface area contributed by atoms with Crippen molar-refractivity contribution in [2.45, 2.75) is 63.5 Å². The first-order chi connectivity index (χ1) is 8.75. The third kappa shape index (κ3) is 2.00. The van der Waals surface area contributed by atoms with Crippen molar-refractivity contribution in [1.29, 1.82) is 0 Å². The zero-order valence-corrected chi connectivity index (χ0v) is 11.9. The van der Waals surface area contributed by atoms with Gasteiger partial charge in [-0.3, -0.25) is 0 Å². The predicted molar refractivity (Wildman–Crippen MR) is 73.8 cm³/mol. The number of nitrogens with two attached hydrogens (primary N) is 1. The zero-order valence-electron chi connectivity index (χ0n) is 11.1. The third-order valence-electron chi connectivity index (χ3n) is 4.22. The molecule has 0 bridgehead atoms. The van der Waals surface area contributed by atoms with Gasteiger partial charge in [0.15, 0.2) is 0 Å². The molecule has 1 unspecified atom stereocenters. The van der Waals surface area contributed by atoms with Crippen molar-refractivity contribution >= 4 is 11.3 Å². The molecule has 1 saturated carbocycles. The van der Waals surface area contributed by atoms with E-state index < -0.39 is 0 Å². The number of aromatic nitrogens is 1. The molecule has 0 radical (unpaired) electrons. The number of aryl methyl sites for hydroxylation is 1. The van der Waals surface area contributed by atoms with Gasteiger partial charge in [0.2, 0.25) is 0 Å². The first kappa shape index (κ1) is 12.6. The maximum Gasteiger partial charge on any atom is 0.125 e. The summed E-state index contributed by atoms with van der Waals surface area (Å²) in [6.45, 7) is 2.86. The Morgan fingerprint density at radius 3 is 2.83 bits per heavy atom. The maximum absolute atomic E-state index is 6.18. The number of hydrogen-bond acceptors (Lipinski definition) is 4. The van der Waals surface area contributed by atoms with Crippen LogP contribution in [0.15, 0.2) is 0 Å². The number of nitrogens with zero attached hydrogens (tertiary/aromatic N) is 1. The number of ether oxygens (including phenoxy) is 1. The topological polar surface area (TPSA) is 48.1 Å². The first-order valence-electron chi connectivity index (χ1n) is 7.15. The standard InChI is InChI=1S/C14H22N2OS/c1-2-17-14(8-3-4-9-14)13-16-12-10(15)6-5-7-11(12)18-13/h10H,2-9,15H2,1H3. The van der Waals surface area contributed by atoms with Crippen LogP contribution in [0, 0.1) is 0 Å². The lowest BCUT2D eigenvalue weighted by Crippen LogP contribution is -2.26. The van der Waals surface area contributed by atoms with Crippen molar-refractivity contribution in [3.8, 4) is 0 Å². The summed E-state index contributed by atoms with van der Waals surface area (Å²) in [7, 11) is 0. The van der Waals surface area contributed by atoms with Crippen molar-refractivity contribution in [2.75, 3.05) is 6.61 Å². The lowest BCUT2D eigenvalue weighted by atomic mass is 9.98. The minimum atomic E-state index is -0.0868. The fourth-order valence-electron chi connectivity index (χ4n) is 3.29. The first-order valence-corrected chi connectivity index (χ1v) is 7.96. The van der Waals surface area contributed by atoms with Crippen molar-refractivity contribution < 1.29 is 4.74 Å². The molecule has 2 aliphatic carbocycles. The van der Waals surface area contributed by atoms with E-state index in [0.29, 0.717) is 0 Å². The molecule has 3 nitrogen and oxygen atoms in total. The highest BCUT2D eigenvalue weighted by molar-refractivity contribution is 7.11. The van der Waals surface area contributed by atoms with Gasteiger partial charge in [-0.2, -0.15) is 0 Å². The number of fused-ring (bicyclic) bond motifs is 1. The van der Waals surface area contributed by atoms with Gasteiger partial charge >= 0.3 is 0 Å². The minimum absolute atomic E-state index is 0.0868. The molecule has 1 aromatic heterocycles.